The first-order valence-corrected chi connectivity index (χ1v) is 8.30. The Kier molecular flexibility index (Phi) is 4.07. The number of hydrogen-bond acceptors (Lipinski definition) is 4. The summed E-state index contributed by atoms with van der Waals surface area (Å²) in [5.74, 6) is 0.0603. The molecule has 3 aromatic rings. The molecule has 1 saturated heterocycles. The predicted molar refractivity (Wildman–Crippen MR) is 95.0 cm³/mol. The van der Waals surface area contributed by atoms with E-state index in [-0.39, 0.29) is 17.7 Å². The average molecular weight is 336 g/mol. The minimum Gasteiger partial charge on any atom is -0.326 e. The number of carbonyl (C=O) groups is 1. The van der Waals surface area contributed by atoms with Crippen LogP contribution in [0.3, 0.4) is 0 Å². The van der Waals surface area contributed by atoms with Crippen molar-refractivity contribution in [3.8, 4) is 11.3 Å². The van der Waals surface area contributed by atoms with E-state index in [0.29, 0.717) is 6.54 Å². The number of anilines is 1. The van der Waals surface area contributed by atoms with Crippen LogP contribution in [0.4, 0.5) is 5.69 Å². The van der Waals surface area contributed by atoms with E-state index in [1.165, 1.54) is 0 Å². The van der Waals surface area contributed by atoms with Crippen LogP contribution in [0.1, 0.15) is 11.5 Å². The Hall–Kier alpha value is -2.93. The summed E-state index contributed by atoms with van der Waals surface area (Å²) in [5.41, 5.74) is 3.79. The fourth-order valence-electron chi connectivity index (χ4n) is 3.35. The molecule has 128 valence electrons. The third-order valence-electron chi connectivity index (χ3n) is 4.65. The number of hydrogen-bond donors (Lipinski definition) is 3. The van der Waals surface area contributed by atoms with Crippen LogP contribution in [0.25, 0.3) is 11.3 Å². The van der Waals surface area contributed by atoms with Crippen molar-refractivity contribution in [2.75, 3.05) is 18.4 Å². The lowest BCUT2D eigenvalue weighted by atomic mass is 9.90. The van der Waals surface area contributed by atoms with Gasteiger partial charge in [-0.1, -0.05) is 12.1 Å². The Morgan fingerprint density at radius 1 is 1.32 bits per heavy atom. The van der Waals surface area contributed by atoms with Gasteiger partial charge in [0.25, 0.3) is 0 Å². The average Bonchev–Trinajstić information content (AvgIpc) is 3.36. The molecule has 0 radical (unpaired) electrons. The van der Waals surface area contributed by atoms with Gasteiger partial charge in [-0.15, -0.1) is 0 Å². The molecule has 3 N–H and O–H groups in total. The first-order valence-electron chi connectivity index (χ1n) is 8.30. The zero-order valence-electron chi connectivity index (χ0n) is 13.9. The number of H-pyrrole nitrogens is 1. The molecule has 25 heavy (non-hydrogen) atoms. The van der Waals surface area contributed by atoms with Gasteiger partial charge >= 0.3 is 0 Å². The second kappa shape index (κ2) is 6.52. The molecular weight excluding hydrogens is 316 g/mol. The third-order valence-corrected chi connectivity index (χ3v) is 4.65. The second-order valence-electron chi connectivity index (χ2n) is 6.36. The van der Waals surface area contributed by atoms with E-state index in [1.807, 2.05) is 49.8 Å². The number of nitrogens with one attached hydrogen (secondary N) is 3. The minimum atomic E-state index is -0.111. The van der Waals surface area contributed by atoms with Crippen molar-refractivity contribution in [3.63, 3.8) is 0 Å². The minimum absolute atomic E-state index is 0.0283. The quantitative estimate of drug-likeness (QED) is 0.677. The van der Waals surface area contributed by atoms with Crippen LogP contribution in [0.15, 0.2) is 48.9 Å². The molecule has 4 rings (SSSR count). The zero-order chi connectivity index (χ0) is 17.2. The molecule has 1 amide bonds. The van der Waals surface area contributed by atoms with Gasteiger partial charge in [-0.25, -0.2) is 0 Å². The molecule has 0 unspecified atom stereocenters. The number of aryl methyl sites for hydroxylation is 1. The van der Waals surface area contributed by atoms with Gasteiger partial charge in [0.2, 0.25) is 5.91 Å². The second-order valence-corrected chi connectivity index (χ2v) is 6.36. The van der Waals surface area contributed by atoms with E-state index in [9.17, 15) is 4.79 Å². The van der Waals surface area contributed by atoms with Gasteiger partial charge in [-0.05, 0) is 23.8 Å². The maximum Gasteiger partial charge on any atom is 0.229 e. The maximum atomic E-state index is 12.8. The van der Waals surface area contributed by atoms with Crippen molar-refractivity contribution in [1.29, 1.82) is 0 Å². The maximum absolute atomic E-state index is 12.8. The highest BCUT2D eigenvalue weighted by Gasteiger charge is 2.34. The fraction of sp³-hybridized carbons (Fsp3) is 0.278. The van der Waals surface area contributed by atoms with Crippen molar-refractivity contribution in [1.82, 2.24) is 25.3 Å². The van der Waals surface area contributed by atoms with E-state index < -0.39 is 0 Å². The molecular formula is C18H20N6O. The molecule has 0 aliphatic carbocycles. The fourth-order valence-corrected chi connectivity index (χ4v) is 3.35. The van der Waals surface area contributed by atoms with E-state index >= 15 is 0 Å². The SMILES string of the molecule is Cn1cc([C@H]2CNC[C@@H]2C(=O)Nc2cccc(-c3ccn[nH]3)c2)cn1. The number of rotatable bonds is 4. The zero-order valence-corrected chi connectivity index (χ0v) is 13.9. The van der Waals surface area contributed by atoms with Gasteiger partial charge in [0.05, 0.1) is 17.8 Å². The number of aromatic amines is 1. The molecule has 0 bridgehead atoms. The summed E-state index contributed by atoms with van der Waals surface area (Å²) in [6.07, 6.45) is 5.54. The summed E-state index contributed by atoms with van der Waals surface area (Å²) in [5, 5.41) is 17.5. The van der Waals surface area contributed by atoms with Gasteiger partial charge < -0.3 is 10.6 Å². The lowest BCUT2D eigenvalue weighted by molar-refractivity contribution is -0.119. The molecule has 1 fully saturated rings. The molecule has 1 aromatic carbocycles. The van der Waals surface area contributed by atoms with Gasteiger partial charge in [-0.3, -0.25) is 14.6 Å². The smallest absolute Gasteiger partial charge is 0.229 e. The summed E-state index contributed by atoms with van der Waals surface area (Å²) in [6.45, 7) is 1.46. The molecule has 0 spiro atoms. The van der Waals surface area contributed by atoms with E-state index in [2.05, 4.69) is 25.9 Å². The van der Waals surface area contributed by atoms with Crippen LogP contribution in [-0.4, -0.2) is 39.0 Å². The predicted octanol–water partition coefficient (Wildman–Crippen LogP) is 1.75. The Morgan fingerprint density at radius 3 is 3.00 bits per heavy atom. The molecule has 1 aliphatic rings. The van der Waals surface area contributed by atoms with Crippen molar-refractivity contribution in [2.45, 2.75) is 5.92 Å². The third kappa shape index (κ3) is 3.18. The van der Waals surface area contributed by atoms with Crippen LogP contribution in [0.2, 0.25) is 0 Å². The number of benzene rings is 1. The Balaban J connectivity index is 1.51. The molecule has 7 heteroatoms. The van der Waals surface area contributed by atoms with Gasteiger partial charge in [0.15, 0.2) is 0 Å². The number of aromatic nitrogens is 4. The number of carbonyl (C=O) groups excluding carboxylic acids is 1. The number of nitrogens with zero attached hydrogens (tertiary/aromatic N) is 3. The van der Waals surface area contributed by atoms with Crippen molar-refractivity contribution in [3.05, 3.63) is 54.5 Å². The van der Waals surface area contributed by atoms with E-state index in [1.54, 1.807) is 10.9 Å². The highest BCUT2D eigenvalue weighted by Crippen LogP contribution is 2.29. The van der Waals surface area contributed by atoms with Gasteiger partial charge in [0.1, 0.15) is 0 Å². The monoisotopic (exact) mass is 336 g/mol. The van der Waals surface area contributed by atoms with E-state index in [4.69, 9.17) is 0 Å². The molecule has 2 aromatic heterocycles. The number of amides is 1. The van der Waals surface area contributed by atoms with Crippen LogP contribution in [0, 0.1) is 5.92 Å². The molecule has 1 aliphatic heterocycles. The molecule has 2 atom stereocenters. The Bertz CT molecular complexity index is 869. The molecule has 0 saturated carbocycles. The van der Waals surface area contributed by atoms with Crippen molar-refractivity contribution >= 4 is 11.6 Å². The van der Waals surface area contributed by atoms with Crippen LogP contribution in [-0.2, 0) is 11.8 Å². The topological polar surface area (TPSA) is 87.6 Å². The standard InChI is InChI=1S/C18H20N6O/c1-24-11-13(8-21-24)15-9-19-10-16(15)18(25)22-14-4-2-3-12(7-14)17-5-6-20-23-17/h2-8,11,15-16,19H,9-10H2,1H3,(H,20,23)(H,22,25)/t15-,16+/m1/s1. The highest BCUT2D eigenvalue weighted by molar-refractivity contribution is 5.94. The van der Waals surface area contributed by atoms with Crippen LogP contribution in [0.5, 0.6) is 0 Å². The van der Waals surface area contributed by atoms with Crippen LogP contribution >= 0.6 is 0 Å². The van der Waals surface area contributed by atoms with Gasteiger partial charge in [0, 0.05) is 49.7 Å². The lowest BCUT2D eigenvalue weighted by Crippen LogP contribution is -2.28. The van der Waals surface area contributed by atoms with Crippen molar-refractivity contribution < 1.29 is 4.79 Å². The first-order chi connectivity index (χ1) is 12.2. The summed E-state index contributed by atoms with van der Waals surface area (Å²) >= 11 is 0. The molecule has 7 nitrogen and oxygen atoms in total. The summed E-state index contributed by atoms with van der Waals surface area (Å²) in [6, 6.07) is 9.67. The summed E-state index contributed by atoms with van der Waals surface area (Å²) in [4.78, 5) is 12.8. The first kappa shape index (κ1) is 15.6. The largest absolute Gasteiger partial charge is 0.326 e. The van der Waals surface area contributed by atoms with Crippen molar-refractivity contribution in [2.24, 2.45) is 13.0 Å². The summed E-state index contributed by atoms with van der Waals surface area (Å²) < 4.78 is 1.77. The Labute approximate surface area is 145 Å². The van der Waals surface area contributed by atoms with Gasteiger partial charge in [-0.2, -0.15) is 10.2 Å². The normalized spacial score (nSPS) is 19.9. The lowest BCUT2D eigenvalue weighted by Gasteiger charge is -2.17. The Morgan fingerprint density at radius 2 is 2.24 bits per heavy atom. The summed E-state index contributed by atoms with van der Waals surface area (Å²) in [7, 11) is 1.89. The molecule has 3 heterocycles. The van der Waals surface area contributed by atoms with E-state index in [0.717, 1.165) is 29.1 Å². The van der Waals surface area contributed by atoms with Crippen LogP contribution < -0.4 is 10.6 Å². The highest BCUT2D eigenvalue weighted by atomic mass is 16.1.